The standard InChI is InChI=1S/C24H42N2O14S2/c27-9-12-16(31)18(33)20(35)23(39-12)41-7-4-14(29)25-6-2-1-3-11(22(37)38)26-15(30)5-8-42-24-21(36)19(34)17(32)13(10-28)40-24/h11-13,16-21,23-24,27-28,31-36H,1-10H2,(H,25,29)(H,26,30)(H,37,38)/t11-,12+,13+,16+,17+,18-,19-,20-,21-,23+,24+/m0/s1. The van der Waals surface area contributed by atoms with Crippen LogP contribution < -0.4 is 10.6 Å². The Bertz CT molecular complexity index is 856. The molecule has 2 saturated heterocycles. The summed E-state index contributed by atoms with van der Waals surface area (Å²) in [5.74, 6) is -1.73. The average Bonchev–Trinajstić information content (AvgIpc) is 2.96. The van der Waals surface area contributed by atoms with Gasteiger partial charge in [-0.2, -0.15) is 0 Å². The molecule has 0 radical (unpaired) electrons. The number of aliphatic carboxylic acids is 1. The highest BCUT2D eigenvalue weighted by molar-refractivity contribution is 8.00. The van der Waals surface area contributed by atoms with Crippen molar-refractivity contribution in [2.45, 2.75) is 97.8 Å². The monoisotopic (exact) mass is 646 g/mol. The molecule has 244 valence electrons. The van der Waals surface area contributed by atoms with Crippen LogP contribution in [0, 0.1) is 0 Å². The molecule has 0 saturated carbocycles. The Morgan fingerprint density at radius 2 is 1.17 bits per heavy atom. The molecule has 0 aromatic heterocycles. The highest BCUT2D eigenvalue weighted by Gasteiger charge is 2.44. The number of amides is 2. The lowest BCUT2D eigenvalue weighted by molar-refractivity contribution is -0.205. The molecule has 2 amide bonds. The number of aliphatic hydroxyl groups is 8. The van der Waals surface area contributed by atoms with E-state index < -0.39 is 90.8 Å². The quantitative estimate of drug-likeness (QED) is 0.0667. The molecule has 16 nitrogen and oxygen atoms in total. The van der Waals surface area contributed by atoms with Crippen LogP contribution in [0.2, 0.25) is 0 Å². The smallest absolute Gasteiger partial charge is 0.326 e. The first-order valence-electron chi connectivity index (χ1n) is 13.5. The molecule has 2 aliphatic heterocycles. The number of carbonyl (C=O) groups excluding carboxylic acids is 2. The number of carboxylic acids is 1. The van der Waals surface area contributed by atoms with Crippen molar-refractivity contribution in [3.05, 3.63) is 0 Å². The van der Waals surface area contributed by atoms with Gasteiger partial charge in [-0.15, -0.1) is 23.5 Å². The van der Waals surface area contributed by atoms with Gasteiger partial charge in [0, 0.05) is 30.9 Å². The molecule has 11 atom stereocenters. The predicted octanol–water partition coefficient (Wildman–Crippen LogP) is -4.31. The van der Waals surface area contributed by atoms with E-state index in [-0.39, 0.29) is 43.2 Å². The zero-order valence-corrected chi connectivity index (χ0v) is 24.4. The van der Waals surface area contributed by atoms with Gasteiger partial charge >= 0.3 is 5.97 Å². The fraction of sp³-hybridized carbons (Fsp3) is 0.875. The van der Waals surface area contributed by atoms with Crippen molar-refractivity contribution >= 4 is 41.3 Å². The minimum absolute atomic E-state index is 0.0641. The summed E-state index contributed by atoms with van der Waals surface area (Å²) in [6.07, 6.45) is -9.98. The molecule has 18 heteroatoms. The summed E-state index contributed by atoms with van der Waals surface area (Å²) in [5.41, 5.74) is -1.92. The van der Waals surface area contributed by atoms with E-state index >= 15 is 0 Å². The normalized spacial score (nSPS) is 34.0. The summed E-state index contributed by atoms with van der Waals surface area (Å²) >= 11 is 2.04. The van der Waals surface area contributed by atoms with Crippen molar-refractivity contribution in [1.82, 2.24) is 10.6 Å². The fourth-order valence-corrected chi connectivity index (χ4v) is 6.49. The maximum Gasteiger partial charge on any atom is 0.326 e. The first kappa shape index (κ1) is 36.9. The molecule has 42 heavy (non-hydrogen) atoms. The van der Waals surface area contributed by atoms with Crippen molar-refractivity contribution in [2.75, 3.05) is 31.3 Å². The Morgan fingerprint density at radius 1 is 0.690 bits per heavy atom. The summed E-state index contributed by atoms with van der Waals surface area (Å²) < 4.78 is 10.7. The van der Waals surface area contributed by atoms with Crippen LogP contribution in [0.5, 0.6) is 0 Å². The van der Waals surface area contributed by atoms with Gasteiger partial charge in [0.25, 0.3) is 0 Å². The lowest BCUT2D eigenvalue weighted by atomic mass is 10.0. The summed E-state index contributed by atoms with van der Waals surface area (Å²) in [7, 11) is 0. The number of hydrogen-bond acceptors (Lipinski definition) is 15. The minimum atomic E-state index is -1.53. The maximum absolute atomic E-state index is 12.3. The van der Waals surface area contributed by atoms with Crippen LogP contribution in [0.25, 0.3) is 0 Å². The zero-order valence-electron chi connectivity index (χ0n) is 22.8. The number of thioether (sulfide) groups is 2. The number of rotatable bonds is 17. The third-order valence-corrected chi connectivity index (χ3v) is 9.11. The molecule has 0 unspecified atom stereocenters. The van der Waals surface area contributed by atoms with Crippen LogP contribution in [-0.2, 0) is 23.9 Å². The number of hydrogen-bond donors (Lipinski definition) is 11. The van der Waals surface area contributed by atoms with Gasteiger partial charge in [-0.1, -0.05) is 0 Å². The highest BCUT2D eigenvalue weighted by atomic mass is 32.2. The molecule has 2 aliphatic rings. The van der Waals surface area contributed by atoms with Crippen molar-refractivity contribution in [2.24, 2.45) is 0 Å². The van der Waals surface area contributed by atoms with Crippen molar-refractivity contribution in [3.8, 4) is 0 Å². The maximum atomic E-state index is 12.3. The van der Waals surface area contributed by atoms with Crippen LogP contribution in [-0.4, -0.2) is 161 Å². The van der Waals surface area contributed by atoms with Crippen molar-refractivity contribution < 1.29 is 69.8 Å². The van der Waals surface area contributed by atoms with Gasteiger partial charge in [-0.25, -0.2) is 4.79 Å². The van der Waals surface area contributed by atoms with E-state index in [2.05, 4.69) is 10.6 Å². The molecule has 11 N–H and O–H groups in total. The largest absolute Gasteiger partial charge is 0.480 e. The molecule has 2 rings (SSSR count). The van der Waals surface area contributed by atoms with E-state index in [4.69, 9.17) is 9.47 Å². The van der Waals surface area contributed by atoms with Gasteiger partial charge in [-0.05, 0) is 19.3 Å². The zero-order chi connectivity index (χ0) is 31.4. The van der Waals surface area contributed by atoms with E-state index in [9.17, 15) is 60.3 Å². The first-order chi connectivity index (χ1) is 19.9. The number of carbonyl (C=O) groups is 3. The molecular weight excluding hydrogens is 604 g/mol. The fourth-order valence-electron chi connectivity index (χ4n) is 4.26. The van der Waals surface area contributed by atoms with E-state index in [1.807, 2.05) is 0 Å². The van der Waals surface area contributed by atoms with Crippen molar-refractivity contribution in [1.29, 1.82) is 0 Å². The molecule has 0 bridgehead atoms. The van der Waals surface area contributed by atoms with Crippen molar-refractivity contribution in [3.63, 3.8) is 0 Å². The second-order valence-electron chi connectivity index (χ2n) is 9.94. The predicted molar refractivity (Wildman–Crippen MR) is 148 cm³/mol. The Kier molecular flexibility index (Phi) is 16.3. The highest BCUT2D eigenvalue weighted by Crippen LogP contribution is 2.30. The number of aliphatic hydroxyl groups excluding tert-OH is 8. The van der Waals surface area contributed by atoms with E-state index in [1.54, 1.807) is 0 Å². The first-order valence-corrected chi connectivity index (χ1v) is 15.6. The van der Waals surface area contributed by atoms with Crippen LogP contribution >= 0.6 is 23.5 Å². The summed E-state index contributed by atoms with van der Waals surface area (Å²) in [5, 5.41) is 92.3. The van der Waals surface area contributed by atoms with E-state index in [1.165, 1.54) is 0 Å². The second-order valence-corrected chi connectivity index (χ2v) is 12.4. The average molecular weight is 647 g/mol. The molecule has 2 heterocycles. The Hall–Kier alpha value is -1.29. The number of carboxylic acid groups (broad SMARTS) is 1. The van der Waals surface area contributed by atoms with Gasteiger partial charge in [0.2, 0.25) is 11.8 Å². The molecular formula is C24H42N2O14S2. The third kappa shape index (κ3) is 11.0. The van der Waals surface area contributed by atoms with E-state index in [0.717, 1.165) is 23.5 Å². The van der Waals surface area contributed by atoms with Gasteiger partial charge in [0.1, 0.15) is 65.7 Å². The Balaban J connectivity index is 1.61. The Morgan fingerprint density at radius 3 is 1.62 bits per heavy atom. The number of nitrogens with one attached hydrogen (secondary N) is 2. The van der Waals surface area contributed by atoms with Crippen LogP contribution in [0.3, 0.4) is 0 Å². The third-order valence-electron chi connectivity index (χ3n) is 6.79. The molecule has 2 fully saturated rings. The summed E-state index contributed by atoms with van der Waals surface area (Å²) in [4.78, 5) is 35.9. The second kappa shape index (κ2) is 18.5. The SMILES string of the molecule is O=C(CCS[C@H]1O[C@H](CO)[C@@H](O)[C@H](O)[C@@H]1O)NCCCC[C@H](NC(=O)CCS[C@H]1O[C@H](CO)[C@@H](O)[C@H](O)[C@@H]1O)C(=O)O. The van der Waals surface area contributed by atoms with E-state index in [0.29, 0.717) is 12.8 Å². The molecule has 0 aromatic carbocycles. The lowest BCUT2D eigenvalue weighted by Crippen LogP contribution is -2.57. The lowest BCUT2D eigenvalue weighted by Gasteiger charge is -2.39. The van der Waals surface area contributed by atoms with Gasteiger partial charge in [0.15, 0.2) is 0 Å². The van der Waals surface area contributed by atoms with Crippen LogP contribution in [0.4, 0.5) is 0 Å². The van der Waals surface area contributed by atoms with Crippen LogP contribution in [0.1, 0.15) is 32.1 Å². The number of ether oxygens (including phenoxy) is 2. The summed E-state index contributed by atoms with van der Waals surface area (Å²) in [6.45, 7) is -0.851. The molecule has 0 aromatic rings. The number of unbranched alkanes of at least 4 members (excludes halogenated alkanes) is 1. The van der Waals surface area contributed by atoms with Crippen LogP contribution in [0.15, 0.2) is 0 Å². The minimum Gasteiger partial charge on any atom is -0.480 e. The van der Waals surface area contributed by atoms with Gasteiger partial charge in [0.05, 0.1) is 13.2 Å². The van der Waals surface area contributed by atoms with Gasteiger partial charge in [-0.3, -0.25) is 9.59 Å². The summed E-state index contributed by atoms with van der Waals surface area (Å²) in [6, 6.07) is -1.15. The Labute approximate surface area is 250 Å². The topological polar surface area (TPSA) is 276 Å². The van der Waals surface area contributed by atoms with Gasteiger partial charge < -0.3 is 66.1 Å². The molecule has 0 aliphatic carbocycles. The molecule has 0 spiro atoms.